The second-order valence-corrected chi connectivity index (χ2v) is 5.03. The molecule has 1 aliphatic heterocycles. The third kappa shape index (κ3) is 2.51. The molecule has 0 radical (unpaired) electrons. The van der Waals surface area contributed by atoms with Gasteiger partial charge in [0.2, 0.25) is 0 Å². The first-order chi connectivity index (χ1) is 8.13. The molecule has 2 unspecified atom stereocenters. The number of nitrogens with zero attached hydrogens (tertiary/aromatic N) is 4. The summed E-state index contributed by atoms with van der Waals surface area (Å²) in [5, 5.41) is 0. The maximum absolute atomic E-state index is 5.96. The number of hydrogen-bond donors (Lipinski definition) is 1. The largest absolute Gasteiger partial charge is 0.336 e. The normalized spacial score (nSPS) is 25.1. The highest BCUT2D eigenvalue weighted by molar-refractivity contribution is 5.07. The van der Waals surface area contributed by atoms with E-state index in [2.05, 4.69) is 33.3 Å². The van der Waals surface area contributed by atoms with E-state index in [1.54, 1.807) is 0 Å². The number of hydrogen-bond acceptors (Lipinski definition) is 4. The van der Waals surface area contributed by atoms with Crippen LogP contribution in [-0.4, -0.2) is 58.6 Å². The van der Waals surface area contributed by atoms with Gasteiger partial charge in [-0.3, -0.25) is 4.90 Å². The van der Waals surface area contributed by atoms with Crippen molar-refractivity contribution < 1.29 is 0 Å². The van der Waals surface area contributed by atoms with Gasteiger partial charge in [0.15, 0.2) is 0 Å². The van der Waals surface area contributed by atoms with E-state index in [-0.39, 0.29) is 6.04 Å². The van der Waals surface area contributed by atoms with E-state index in [0.717, 1.165) is 19.6 Å². The summed E-state index contributed by atoms with van der Waals surface area (Å²) in [5.41, 5.74) is 7.18. The Kier molecular flexibility index (Phi) is 3.81. The standard InChI is InChI=1S/C12H23N5/c1-10-8-15(2)4-5-17(10)11(6-13)12-7-14-9-16(12)3/h7,9-11H,4-6,8,13H2,1-3H3. The molecular weight excluding hydrogens is 214 g/mol. The summed E-state index contributed by atoms with van der Waals surface area (Å²) in [4.78, 5) is 9.07. The van der Waals surface area contributed by atoms with Crippen molar-refractivity contribution in [3.05, 3.63) is 18.2 Å². The first kappa shape index (κ1) is 12.5. The zero-order valence-corrected chi connectivity index (χ0v) is 11.0. The van der Waals surface area contributed by atoms with Gasteiger partial charge in [-0.1, -0.05) is 0 Å². The molecule has 2 rings (SSSR count). The zero-order chi connectivity index (χ0) is 12.4. The van der Waals surface area contributed by atoms with Crippen LogP contribution in [0.3, 0.4) is 0 Å². The summed E-state index contributed by atoms with van der Waals surface area (Å²) >= 11 is 0. The molecule has 2 atom stereocenters. The number of aromatic nitrogens is 2. The summed E-state index contributed by atoms with van der Waals surface area (Å²) in [6.07, 6.45) is 3.78. The molecule has 2 heterocycles. The van der Waals surface area contributed by atoms with E-state index < -0.39 is 0 Å². The Morgan fingerprint density at radius 3 is 2.76 bits per heavy atom. The molecule has 0 aromatic carbocycles. The van der Waals surface area contributed by atoms with Crippen LogP contribution >= 0.6 is 0 Å². The van der Waals surface area contributed by atoms with Crippen LogP contribution in [0.15, 0.2) is 12.5 Å². The van der Waals surface area contributed by atoms with Gasteiger partial charge in [-0.25, -0.2) is 4.98 Å². The predicted molar refractivity (Wildman–Crippen MR) is 68.7 cm³/mol. The molecule has 1 fully saturated rings. The Morgan fingerprint density at radius 2 is 2.24 bits per heavy atom. The predicted octanol–water partition coefficient (Wildman–Crippen LogP) is 0.0558. The van der Waals surface area contributed by atoms with Gasteiger partial charge in [-0.05, 0) is 14.0 Å². The Balaban J connectivity index is 2.16. The minimum atomic E-state index is 0.284. The lowest BCUT2D eigenvalue weighted by atomic mass is 10.1. The van der Waals surface area contributed by atoms with Crippen molar-refractivity contribution in [3.8, 4) is 0 Å². The smallest absolute Gasteiger partial charge is 0.0946 e. The molecule has 1 saturated heterocycles. The van der Waals surface area contributed by atoms with Crippen LogP contribution in [0.25, 0.3) is 0 Å². The maximum Gasteiger partial charge on any atom is 0.0946 e. The van der Waals surface area contributed by atoms with Crippen LogP contribution in [0.1, 0.15) is 18.7 Å². The quantitative estimate of drug-likeness (QED) is 0.807. The van der Waals surface area contributed by atoms with E-state index >= 15 is 0 Å². The average molecular weight is 237 g/mol. The monoisotopic (exact) mass is 237 g/mol. The lowest BCUT2D eigenvalue weighted by Crippen LogP contribution is -2.53. The van der Waals surface area contributed by atoms with E-state index in [1.807, 2.05) is 19.6 Å². The van der Waals surface area contributed by atoms with Crippen molar-refractivity contribution in [2.75, 3.05) is 33.2 Å². The van der Waals surface area contributed by atoms with Crippen molar-refractivity contribution in [1.29, 1.82) is 0 Å². The van der Waals surface area contributed by atoms with Crippen molar-refractivity contribution in [2.45, 2.75) is 19.0 Å². The lowest BCUT2D eigenvalue weighted by Gasteiger charge is -2.42. The van der Waals surface area contributed by atoms with Gasteiger partial charge < -0.3 is 15.2 Å². The van der Waals surface area contributed by atoms with Crippen molar-refractivity contribution in [3.63, 3.8) is 0 Å². The second kappa shape index (κ2) is 5.16. The summed E-state index contributed by atoms with van der Waals surface area (Å²) in [6.45, 7) is 6.21. The lowest BCUT2D eigenvalue weighted by molar-refractivity contribution is 0.0609. The highest BCUT2D eigenvalue weighted by atomic mass is 15.3. The highest BCUT2D eigenvalue weighted by Crippen LogP contribution is 2.23. The molecule has 96 valence electrons. The third-order valence-corrected chi connectivity index (χ3v) is 3.70. The molecule has 0 bridgehead atoms. The fourth-order valence-corrected chi connectivity index (χ4v) is 2.73. The van der Waals surface area contributed by atoms with Gasteiger partial charge in [-0.15, -0.1) is 0 Å². The first-order valence-corrected chi connectivity index (χ1v) is 6.24. The van der Waals surface area contributed by atoms with Crippen molar-refractivity contribution >= 4 is 0 Å². The number of aryl methyl sites for hydroxylation is 1. The topological polar surface area (TPSA) is 50.3 Å². The first-order valence-electron chi connectivity index (χ1n) is 6.24. The number of piperazine rings is 1. The molecule has 0 amide bonds. The molecule has 0 saturated carbocycles. The van der Waals surface area contributed by atoms with Gasteiger partial charge in [0, 0.05) is 45.5 Å². The van der Waals surface area contributed by atoms with Gasteiger partial charge in [0.05, 0.1) is 18.1 Å². The summed E-state index contributed by atoms with van der Waals surface area (Å²) in [5.74, 6) is 0. The Hall–Kier alpha value is -0.910. The molecule has 1 aromatic heterocycles. The van der Waals surface area contributed by atoms with Gasteiger partial charge in [-0.2, -0.15) is 0 Å². The van der Waals surface area contributed by atoms with Crippen molar-refractivity contribution in [1.82, 2.24) is 19.4 Å². The molecule has 1 aliphatic rings. The van der Waals surface area contributed by atoms with E-state index in [9.17, 15) is 0 Å². The SMILES string of the molecule is CC1CN(C)CCN1C(CN)c1cncn1C. The number of likely N-dealkylation sites (N-methyl/N-ethyl adjacent to an activating group) is 1. The van der Waals surface area contributed by atoms with Crippen LogP contribution in [0.4, 0.5) is 0 Å². The Morgan fingerprint density at radius 1 is 1.47 bits per heavy atom. The number of imidazole rings is 1. The van der Waals surface area contributed by atoms with Gasteiger partial charge in [0.1, 0.15) is 0 Å². The van der Waals surface area contributed by atoms with Gasteiger partial charge >= 0.3 is 0 Å². The molecule has 2 N–H and O–H groups in total. The fraction of sp³-hybridized carbons (Fsp3) is 0.750. The van der Waals surface area contributed by atoms with Crippen LogP contribution in [-0.2, 0) is 7.05 Å². The molecular formula is C12H23N5. The average Bonchev–Trinajstić information content (AvgIpc) is 2.69. The molecule has 1 aromatic rings. The fourth-order valence-electron chi connectivity index (χ4n) is 2.73. The number of nitrogens with two attached hydrogens (primary N) is 1. The molecule has 5 nitrogen and oxygen atoms in total. The van der Waals surface area contributed by atoms with E-state index in [1.165, 1.54) is 5.69 Å². The minimum absolute atomic E-state index is 0.284. The third-order valence-electron chi connectivity index (χ3n) is 3.70. The number of rotatable bonds is 3. The zero-order valence-electron chi connectivity index (χ0n) is 11.0. The van der Waals surface area contributed by atoms with Crippen LogP contribution in [0.2, 0.25) is 0 Å². The molecule has 0 spiro atoms. The van der Waals surface area contributed by atoms with Crippen LogP contribution < -0.4 is 5.73 Å². The van der Waals surface area contributed by atoms with Crippen molar-refractivity contribution in [2.24, 2.45) is 12.8 Å². The molecule has 17 heavy (non-hydrogen) atoms. The summed E-state index contributed by atoms with van der Waals surface area (Å²) in [7, 11) is 4.21. The summed E-state index contributed by atoms with van der Waals surface area (Å²) in [6, 6.07) is 0.823. The van der Waals surface area contributed by atoms with Crippen LogP contribution in [0.5, 0.6) is 0 Å². The maximum atomic E-state index is 5.96. The van der Waals surface area contributed by atoms with Gasteiger partial charge in [0.25, 0.3) is 0 Å². The van der Waals surface area contributed by atoms with Crippen LogP contribution in [0, 0.1) is 0 Å². The Bertz CT molecular complexity index is 362. The summed E-state index contributed by atoms with van der Waals surface area (Å²) < 4.78 is 2.07. The molecule has 5 heteroatoms. The highest BCUT2D eigenvalue weighted by Gasteiger charge is 2.29. The van der Waals surface area contributed by atoms with E-state index in [4.69, 9.17) is 5.73 Å². The minimum Gasteiger partial charge on any atom is -0.336 e. The second-order valence-electron chi connectivity index (χ2n) is 5.03. The molecule has 0 aliphatic carbocycles. The van der Waals surface area contributed by atoms with E-state index in [0.29, 0.717) is 12.6 Å². The Labute approximate surface area is 103 Å².